The number of halogens is 1. The quantitative estimate of drug-likeness (QED) is 0.156. The number of carbonyl (C=O) groups excluding carboxylic acids is 3. The van der Waals surface area contributed by atoms with Gasteiger partial charge in [0.15, 0.2) is 0 Å². The Morgan fingerprint density at radius 2 is 1.83 bits per heavy atom. The Hall–Kier alpha value is -3.69. The molecule has 2 aromatic carbocycles. The highest BCUT2D eigenvalue weighted by atomic mass is 35.5. The first-order valence-corrected chi connectivity index (χ1v) is 14.4. The third-order valence-corrected chi connectivity index (χ3v) is 7.65. The van der Waals surface area contributed by atoms with E-state index in [-0.39, 0.29) is 30.9 Å². The molecule has 1 aliphatic rings. The molecule has 4 rings (SSSR count). The Labute approximate surface area is 249 Å². The first kappa shape index (κ1) is 30.3. The summed E-state index contributed by atoms with van der Waals surface area (Å²) in [7, 11) is 1.61. The summed E-state index contributed by atoms with van der Waals surface area (Å²) >= 11 is 7.96. The number of nitrogens with one attached hydrogen (secondary N) is 1. The van der Waals surface area contributed by atoms with Crippen LogP contribution in [0.2, 0.25) is 5.02 Å². The van der Waals surface area contributed by atoms with E-state index in [1.54, 1.807) is 26.2 Å². The van der Waals surface area contributed by atoms with Crippen molar-refractivity contribution in [1.82, 2.24) is 9.88 Å². The van der Waals surface area contributed by atoms with Crippen LogP contribution >= 0.6 is 23.5 Å². The average Bonchev–Trinajstić information content (AvgIpc) is 3.42. The molecule has 2 amide bonds. The fraction of sp³-hybridized carbons (Fsp3) is 0.323. The van der Waals surface area contributed by atoms with Crippen molar-refractivity contribution in [3.63, 3.8) is 0 Å². The third kappa shape index (κ3) is 6.97. The Balaban J connectivity index is 1.69. The maximum Gasteiger partial charge on any atom is 0.327 e. The standard InChI is InChI=1S/C31H34ClN3O5S/c1-7-8-9-23-19(2)29(37)34(30(23)38)17-20-16-24-26(15-14-25(32)28(24)33-20)35(18-27(36)40-31(3,4)5)41-22-12-10-21(39-6)11-13-22/h8-16,33H,7,17-18H2,1-6H3/b9-8-. The predicted molar refractivity (Wildman–Crippen MR) is 163 cm³/mol. The van der Waals surface area contributed by atoms with Crippen LogP contribution in [0, 0.1) is 0 Å². The second-order valence-electron chi connectivity index (χ2n) is 10.6. The van der Waals surface area contributed by atoms with Gasteiger partial charge in [-0.3, -0.25) is 19.3 Å². The summed E-state index contributed by atoms with van der Waals surface area (Å²) in [4.78, 5) is 44.4. The van der Waals surface area contributed by atoms with Gasteiger partial charge in [-0.15, -0.1) is 0 Å². The van der Waals surface area contributed by atoms with Crippen LogP contribution < -0.4 is 9.04 Å². The van der Waals surface area contributed by atoms with Crippen molar-refractivity contribution in [2.24, 2.45) is 0 Å². The van der Waals surface area contributed by atoms with Gasteiger partial charge in [0.2, 0.25) is 0 Å². The minimum Gasteiger partial charge on any atom is -0.497 e. The van der Waals surface area contributed by atoms with E-state index in [1.165, 1.54) is 16.8 Å². The van der Waals surface area contributed by atoms with Crippen LogP contribution in [0.25, 0.3) is 10.9 Å². The summed E-state index contributed by atoms with van der Waals surface area (Å²) in [5, 5.41) is 1.22. The van der Waals surface area contributed by atoms with E-state index in [1.807, 2.05) is 74.5 Å². The molecule has 0 fully saturated rings. The molecule has 41 heavy (non-hydrogen) atoms. The molecular formula is C31H34ClN3O5S. The first-order valence-electron chi connectivity index (χ1n) is 13.3. The molecule has 0 atom stereocenters. The lowest BCUT2D eigenvalue weighted by atomic mass is 10.1. The van der Waals surface area contributed by atoms with Gasteiger partial charge in [0.05, 0.1) is 29.9 Å². The number of carbonyl (C=O) groups is 3. The van der Waals surface area contributed by atoms with Crippen molar-refractivity contribution in [3.8, 4) is 5.75 Å². The number of hydrogen-bond acceptors (Lipinski definition) is 7. The van der Waals surface area contributed by atoms with Crippen LogP contribution in [0.3, 0.4) is 0 Å². The molecule has 0 spiro atoms. The first-order chi connectivity index (χ1) is 19.4. The fourth-order valence-corrected chi connectivity index (χ4v) is 5.56. The second-order valence-corrected chi connectivity index (χ2v) is 12.1. The number of ether oxygens (including phenoxy) is 2. The van der Waals surface area contributed by atoms with Crippen molar-refractivity contribution in [2.45, 2.75) is 58.1 Å². The van der Waals surface area contributed by atoms with E-state index in [9.17, 15) is 14.4 Å². The van der Waals surface area contributed by atoms with Crippen molar-refractivity contribution in [1.29, 1.82) is 0 Å². The molecule has 0 saturated heterocycles. The van der Waals surface area contributed by atoms with Gasteiger partial charge < -0.3 is 18.8 Å². The Bertz CT molecular complexity index is 1540. The number of fused-ring (bicyclic) bond motifs is 1. The molecular weight excluding hydrogens is 562 g/mol. The normalized spacial score (nSPS) is 14.1. The van der Waals surface area contributed by atoms with Gasteiger partial charge in [-0.25, -0.2) is 0 Å². The van der Waals surface area contributed by atoms with E-state index in [2.05, 4.69) is 4.98 Å². The smallest absolute Gasteiger partial charge is 0.327 e. The van der Waals surface area contributed by atoms with E-state index < -0.39 is 5.60 Å². The molecule has 1 aliphatic heterocycles. The van der Waals surface area contributed by atoms with Crippen molar-refractivity contribution < 1.29 is 23.9 Å². The number of methoxy groups -OCH3 is 1. The zero-order chi connectivity index (χ0) is 29.9. The van der Waals surface area contributed by atoms with E-state index >= 15 is 0 Å². The maximum atomic E-state index is 13.1. The number of aromatic nitrogens is 1. The Kier molecular flexibility index (Phi) is 9.19. The topological polar surface area (TPSA) is 91.9 Å². The van der Waals surface area contributed by atoms with Gasteiger partial charge in [-0.2, -0.15) is 0 Å². The molecule has 0 unspecified atom stereocenters. The van der Waals surface area contributed by atoms with Crippen LogP contribution in [0.5, 0.6) is 5.75 Å². The average molecular weight is 596 g/mol. The summed E-state index contributed by atoms with van der Waals surface area (Å²) in [5.41, 5.74) is 2.18. The minimum absolute atomic E-state index is 0.0372. The lowest BCUT2D eigenvalue weighted by Crippen LogP contribution is -2.31. The van der Waals surface area contributed by atoms with Crippen molar-refractivity contribution in [3.05, 3.63) is 76.5 Å². The number of esters is 1. The zero-order valence-corrected chi connectivity index (χ0v) is 25.6. The van der Waals surface area contributed by atoms with Crippen molar-refractivity contribution in [2.75, 3.05) is 18.0 Å². The monoisotopic (exact) mass is 595 g/mol. The highest BCUT2D eigenvalue weighted by Crippen LogP contribution is 2.38. The van der Waals surface area contributed by atoms with Crippen LogP contribution in [0.1, 0.15) is 46.7 Å². The van der Waals surface area contributed by atoms with Gasteiger partial charge in [-0.1, -0.05) is 30.7 Å². The van der Waals surface area contributed by atoms with Crippen molar-refractivity contribution >= 4 is 57.9 Å². The zero-order valence-electron chi connectivity index (χ0n) is 24.0. The molecule has 10 heteroatoms. The van der Waals surface area contributed by atoms with Gasteiger partial charge in [0.1, 0.15) is 17.9 Å². The number of aromatic amines is 1. The predicted octanol–water partition coefficient (Wildman–Crippen LogP) is 6.84. The van der Waals surface area contributed by atoms with E-state index in [4.69, 9.17) is 21.1 Å². The summed E-state index contributed by atoms with van der Waals surface area (Å²) < 4.78 is 12.7. The lowest BCUT2D eigenvalue weighted by Gasteiger charge is -2.26. The fourth-order valence-electron chi connectivity index (χ4n) is 4.41. The number of hydrogen-bond donors (Lipinski definition) is 1. The molecule has 2 heterocycles. The van der Waals surface area contributed by atoms with Crippen LogP contribution in [-0.2, 0) is 25.7 Å². The molecule has 3 aromatic rings. The number of benzene rings is 2. The van der Waals surface area contributed by atoms with Gasteiger partial charge in [-0.05, 0) is 88.5 Å². The van der Waals surface area contributed by atoms with Crippen LogP contribution in [-0.4, -0.2) is 46.9 Å². The van der Waals surface area contributed by atoms with Crippen LogP contribution in [0.4, 0.5) is 5.69 Å². The molecule has 0 radical (unpaired) electrons. The largest absolute Gasteiger partial charge is 0.497 e. The Morgan fingerprint density at radius 1 is 1.12 bits per heavy atom. The molecule has 8 nitrogen and oxygen atoms in total. The third-order valence-electron chi connectivity index (χ3n) is 6.31. The summed E-state index contributed by atoms with van der Waals surface area (Å²) in [6.07, 6.45) is 4.33. The van der Waals surface area contributed by atoms with Gasteiger partial charge in [0, 0.05) is 27.1 Å². The summed E-state index contributed by atoms with van der Waals surface area (Å²) in [6, 6.07) is 13.0. The number of rotatable bonds is 10. The minimum atomic E-state index is -0.643. The second kappa shape index (κ2) is 12.4. The van der Waals surface area contributed by atoms with Gasteiger partial charge >= 0.3 is 5.97 Å². The summed E-state index contributed by atoms with van der Waals surface area (Å²) in [5.74, 6) is -0.317. The molecule has 216 valence electrons. The summed E-state index contributed by atoms with van der Waals surface area (Å²) in [6.45, 7) is 9.13. The SMILES string of the molecule is CC/C=C\C1=C(C)C(=O)N(Cc2cc3c(N(CC(=O)OC(C)(C)C)Sc4ccc(OC)cc4)ccc(Cl)c3[nH]2)C1=O. The number of nitrogens with zero attached hydrogens (tertiary/aromatic N) is 2. The number of imide groups is 1. The number of anilines is 1. The van der Waals surface area contributed by atoms with Crippen LogP contribution in [0.15, 0.2) is 70.7 Å². The molecule has 0 aliphatic carbocycles. The van der Waals surface area contributed by atoms with Gasteiger partial charge in [0.25, 0.3) is 11.8 Å². The number of amides is 2. The number of H-pyrrole nitrogens is 1. The highest BCUT2D eigenvalue weighted by Gasteiger charge is 2.35. The molecule has 1 N–H and O–H groups in total. The maximum absolute atomic E-state index is 13.1. The Morgan fingerprint density at radius 3 is 2.46 bits per heavy atom. The molecule has 1 aromatic heterocycles. The molecule has 0 bridgehead atoms. The lowest BCUT2D eigenvalue weighted by molar-refractivity contribution is -0.152. The van der Waals surface area contributed by atoms with E-state index in [0.717, 1.165) is 28.1 Å². The highest BCUT2D eigenvalue weighted by molar-refractivity contribution is 8.00. The molecule has 0 saturated carbocycles. The number of allylic oxidation sites excluding steroid dienone is 1. The van der Waals surface area contributed by atoms with E-state index in [0.29, 0.717) is 27.4 Å².